The van der Waals surface area contributed by atoms with Crippen molar-refractivity contribution in [3.8, 4) is 0 Å². The summed E-state index contributed by atoms with van der Waals surface area (Å²) in [5, 5.41) is 1.99. The molecule has 1 fully saturated rings. The molecule has 0 aromatic heterocycles. The minimum absolute atomic E-state index is 0.334. The highest BCUT2D eigenvalue weighted by molar-refractivity contribution is 8.00. The number of benzene rings is 1. The van der Waals surface area contributed by atoms with Gasteiger partial charge in [-0.25, -0.2) is 13.6 Å². The molecule has 1 saturated heterocycles. The molecule has 0 radical (unpaired) electrons. The van der Waals surface area contributed by atoms with E-state index in [4.69, 9.17) is 0 Å². The Labute approximate surface area is 113 Å². The molecule has 102 valence electrons. The van der Waals surface area contributed by atoms with Gasteiger partial charge in [-0.15, -0.1) is 11.8 Å². The Morgan fingerprint density at radius 3 is 2.74 bits per heavy atom. The van der Waals surface area contributed by atoms with Crippen molar-refractivity contribution in [1.82, 2.24) is 10.2 Å². The lowest BCUT2D eigenvalue weighted by atomic mass is 10.3. The van der Waals surface area contributed by atoms with Gasteiger partial charge in [0.15, 0.2) is 11.6 Å². The van der Waals surface area contributed by atoms with E-state index in [2.05, 4.69) is 5.32 Å². The van der Waals surface area contributed by atoms with Crippen molar-refractivity contribution < 1.29 is 18.4 Å². The van der Waals surface area contributed by atoms with Crippen molar-refractivity contribution in [3.63, 3.8) is 0 Å². The second-order valence-electron chi connectivity index (χ2n) is 4.06. The maximum Gasteiger partial charge on any atom is 0.324 e. The highest BCUT2D eigenvalue weighted by atomic mass is 32.2. The minimum atomic E-state index is -0.955. The van der Waals surface area contributed by atoms with Gasteiger partial charge in [0.2, 0.25) is 5.91 Å². The van der Waals surface area contributed by atoms with Gasteiger partial charge in [0.1, 0.15) is 0 Å². The van der Waals surface area contributed by atoms with Crippen LogP contribution in [0.15, 0.2) is 23.1 Å². The van der Waals surface area contributed by atoms with E-state index in [1.165, 1.54) is 6.07 Å². The van der Waals surface area contributed by atoms with E-state index in [1.54, 1.807) is 6.92 Å². The number of nitrogens with one attached hydrogen (secondary N) is 1. The number of carbonyl (C=O) groups excluding carboxylic acids is 2. The summed E-state index contributed by atoms with van der Waals surface area (Å²) < 4.78 is 25.8. The van der Waals surface area contributed by atoms with Crippen LogP contribution in [-0.4, -0.2) is 35.2 Å². The van der Waals surface area contributed by atoms with E-state index in [0.29, 0.717) is 18.0 Å². The second-order valence-corrected chi connectivity index (χ2v) is 5.47. The summed E-state index contributed by atoms with van der Waals surface area (Å²) in [5.41, 5.74) is 0. The van der Waals surface area contributed by atoms with Gasteiger partial charge in [-0.05, 0) is 25.1 Å². The first kappa shape index (κ1) is 13.8. The molecule has 1 aliphatic rings. The molecule has 7 heteroatoms. The van der Waals surface area contributed by atoms with Crippen LogP contribution in [0.3, 0.4) is 0 Å². The van der Waals surface area contributed by atoms with Crippen molar-refractivity contribution in [3.05, 3.63) is 29.8 Å². The third kappa shape index (κ3) is 3.04. The molecular weight excluding hydrogens is 274 g/mol. The zero-order valence-electron chi connectivity index (χ0n) is 10.2. The Morgan fingerprint density at radius 1 is 1.42 bits per heavy atom. The summed E-state index contributed by atoms with van der Waals surface area (Å²) in [6.07, 6.45) is 0. The molecule has 3 amide bonds. The van der Waals surface area contributed by atoms with Gasteiger partial charge in [-0.3, -0.25) is 9.69 Å². The van der Waals surface area contributed by atoms with Gasteiger partial charge in [0, 0.05) is 18.0 Å². The van der Waals surface area contributed by atoms with Crippen LogP contribution in [0.5, 0.6) is 0 Å². The third-order valence-corrected chi connectivity index (χ3v) is 3.76. The summed E-state index contributed by atoms with van der Waals surface area (Å²) >= 11 is 1.09. The fourth-order valence-corrected chi connectivity index (χ4v) is 2.66. The minimum Gasteiger partial charge on any atom is -0.336 e. The molecule has 0 aliphatic carbocycles. The van der Waals surface area contributed by atoms with Crippen LogP contribution >= 0.6 is 11.8 Å². The second kappa shape index (κ2) is 5.56. The predicted octanol–water partition coefficient (Wildman–Crippen LogP) is 2.00. The van der Waals surface area contributed by atoms with Gasteiger partial charge in [0.25, 0.3) is 0 Å². The molecule has 1 aromatic carbocycles. The highest BCUT2D eigenvalue weighted by Crippen LogP contribution is 2.26. The Morgan fingerprint density at radius 2 is 2.16 bits per heavy atom. The quantitative estimate of drug-likeness (QED) is 0.865. The summed E-state index contributed by atoms with van der Waals surface area (Å²) in [6, 6.07) is 3.03. The number of carbonyl (C=O) groups is 2. The lowest BCUT2D eigenvalue weighted by molar-refractivity contribution is -0.126. The first-order valence-corrected chi connectivity index (χ1v) is 6.58. The van der Waals surface area contributed by atoms with Crippen LogP contribution in [0.1, 0.15) is 6.92 Å². The van der Waals surface area contributed by atoms with Crippen molar-refractivity contribution in [2.24, 2.45) is 0 Å². The summed E-state index contributed by atoms with van der Waals surface area (Å²) in [5.74, 6) is -2.23. The predicted molar refractivity (Wildman–Crippen MR) is 66.8 cm³/mol. The highest BCUT2D eigenvalue weighted by Gasteiger charge is 2.30. The molecule has 1 atom stereocenters. The molecule has 0 spiro atoms. The van der Waals surface area contributed by atoms with Crippen molar-refractivity contribution in [2.45, 2.75) is 17.1 Å². The van der Waals surface area contributed by atoms with Crippen molar-refractivity contribution in [2.75, 3.05) is 13.1 Å². The number of rotatable bonds is 3. The average Bonchev–Trinajstić information content (AvgIpc) is 2.79. The fourth-order valence-electron chi connectivity index (χ4n) is 1.71. The van der Waals surface area contributed by atoms with E-state index in [0.717, 1.165) is 28.8 Å². The SMILES string of the molecule is C[C@@H](Sc1ccc(F)c(F)c1)C(=O)N1CCNC1=O. The lowest BCUT2D eigenvalue weighted by Crippen LogP contribution is -2.38. The Bertz CT molecular complexity index is 524. The first-order chi connectivity index (χ1) is 8.99. The molecule has 1 N–H and O–H groups in total. The van der Waals surface area contributed by atoms with E-state index >= 15 is 0 Å². The smallest absolute Gasteiger partial charge is 0.324 e. The molecule has 1 aromatic rings. The Balaban J connectivity index is 2.03. The molecular formula is C12H12F2N2O2S. The largest absolute Gasteiger partial charge is 0.336 e. The zero-order valence-corrected chi connectivity index (χ0v) is 11.0. The van der Waals surface area contributed by atoms with Gasteiger partial charge in [-0.1, -0.05) is 0 Å². The van der Waals surface area contributed by atoms with E-state index < -0.39 is 22.9 Å². The number of hydrogen-bond acceptors (Lipinski definition) is 3. The number of amides is 3. The molecule has 4 nitrogen and oxygen atoms in total. The summed E-state index contributed by atoms with van der Waals surface area (Å²) in [6.45, 7) is 2.40. The fraction of sp³-hybridized carbons (Fsp3) is 0.333. The molecule has 0 bridgehead atoms. The van der Waals surface area contributed by atoms with E-state index in [-0.39, 0.29) is 5.91 Å². The van der Waals surface area contributed by atoms with Crippen LogP contribution in [0.4, 0.5) is 13.6 Å². The van der Waals surface area contributed by atoms with Gasteiger partial charge < -0.3 is 5.32 Å². The van der Waals surface area contributed by atoms with E-state index in [9.17, 15) is 18.4 Å². The summed E-state index contributed by atoms with van der Waals surface area (Å²) in [7, 11) is 0. The zero-order chi connectivity index (χ0) is 14.0. The third-order valence-electron chi connectivity index (χ3n) is 2.67. The topological polar surface area (TPSA) is 49.4 Å². The normalized spacial score (nSPS) is 16.4. The number of halogens is 2. The maximum atomic E-state index is 13.0. The van der Waals surface area contributed by atoms with Gasteiger partial charge in [-0.2, -0.15) is 0 Å². The number of nitrogens with zero attached hydrogens (tertiary/aromatic N) is 1. The number of thioether (sulfide) groups is 1. The molecule has 0 unspecified atom stereocenters. The number of imide groups is 1. The summed E-state index contributed by atoms with van der Waals surface area (Å²) in [4.78, 5) is 24.9. The number of urea groups is 1. The Kier molecular flexibility index (Phi) is 4.04. The molecule has 19 heavy (non-hydrogen) atoms. The average molecular weight is 286 g/mol. The lowest BCUT2D eigenvalue weighted by Gasteiger charge is -2.17. The maximum absolute atomic E-state index is 13.0. The molecule has 1 heterocycles. The van der Waals surface area contributed by atoms with Gasteiger partial charge in [0.05, 0.1) is 5.25 Å². The van der Waals surface area contributed by atoms with Crippen LogP contribution in [0.2, 0.25) is 0 Å². The van der Waals surface area contributed by atoms with Crippen LogP contribution in [0.25, 0.3) is 0 Å². The van der Waals surface area contributed by atoms with Crippen molar-refractivity contribution in [1.29, 1.82) is 0 Å². The van der Waals surface area contributed by atoms with Crippen LogP contribution < -0.4 is 5.32 Å². The molecule has 2 rings (SSSR count). The first-order valence-electron chi connectivity index (χ1n) is 5.70. The number of hydrogen-bond donors (Lipinski definition) is 1. The molecule has 1 aliphatic heterocycles. The van der Waals surface area contributed by atoms with Gasteiger partial charge >= 0.3 is 6.03 Å². The monoisotopic (exact) mass is 286 g/mol. The standard InChI is InChI=1S/C12H12F2N2O2S/c1-7(11(17)16-5-4-15-12(16)18)19-8-2-3-9(13)10(14)6-8/h2-3,6-7H,4-5H2,1H3,(H,15,18)/t7-/m1/s1. The van der Waals surface area contributed by atoms with Crippen molar-refractivity contribution >= 4 is 23.7 Å². The van der Waals surface area contributed by atoms with E-state index in [1.807, 2.05) is 0 Å². The Hall–Kier alpha value is -1.63. The molecule has 0 saturated carbocycles. The van der Waals surface area contributed by atoms with Crippen LogP contribution in [-0.2, 0) is 4.79 Å². The van der Waals surface area contributed by atoms with Crippen LogP contribution in [0, 0.1) is 11.6 Å².